The highest BCUT2D eigenvalue weighted by molar-refractivity contribution is 9.10. The van der Waals surface area contributed by atoms with Crippen molar-refractivity contribution in [1.29, 1.82) is 0 Å². The van der Waals surface area contributed by atoms with Crippen molar-refractivity contribution in [2.24, 2.45) is 0 Å². The molecule has 0 aliphatic carbocycles. The van der Waals surface area contributed by atoms with Crippen LogP contribution in [-0.4, -0.2) is 15.7 Å². The molecule has 2 heterocycles. The first-order valence-corrected chi connectivity index (χ1v) is 11.6. The first-order chi connectivity index (χ1) is 15.4. The zero-order chi connectivity index (χ0) is 22.7. The first-order valence-electron chi connectivity index (χ1n) is 9.94. The van der Waals surface area contributed by atoms with Crippen LogP contribution >= 0.6 is 27.3 Å². The minimum Gasteiger partial charge on any atom is -0.489 e. The van der Waals surface area contributed by atoms with Crippen LogP contribution in [0, 0.1) is 19.7 Å². The van der Waals surface area contributed by atoms with E-state index in [0.29, 0.717) is 27.3 Å². The molecule has 0 bridgehead atoms. The van der Waals surface area contributed by atoms with Crippen LogP contribution in [0.1, 0.15) is 31.9 Å². The molecule has 32 heavy (non-hydrogen) atoms. The molecular formula is C24H21BrFN3O2S. The number of halogens is 2. The normalized spacial score (nSPS) is 10.9. The number of aromatic nitrogens is 2. The van der Waals surface area contributed by atoms with E-state index < -0.39 is 0 Å². The summed E-state index contributed by atoms with van der Waals surface area (Å²) >= 11 is 4.76. The van der Waals surface area contributed by atoms with Crippen molar-refractivity contribution in [3.05, 3.63) is 97.5 Å². The van der Waals surface area contributed by atoms with Gasteiger partial charge in [-0.05, 0) is 64.5 Å². The van der Waals surface area contributed by atoms with Gasteiger partial charge in [0.25, 0.3) is 5.91 Å². The molecule has 1 amide bonds. The van der Waals surface area contributed by atoms with E-state index in [-0.39, 0.29) is 18.3 Å². The summed E-state index contributed by atoms with van der Waals surface area (Å²) in [7, 11) is 0. The summed E-state index contributed by atoms with van der Waals surface area (Å²) in [4.78, 5) is 13.3. The molecule has 0 spiro atoms. The smallest absolute Gasteiger partial charge is 0.266 e. The van der Waals surface area contributed by atoms with E-state index in [2.05, 4.69) is 26.3 Å². The van der Waals surface area contributed by atoms with E-state index in [4.69, 9.17) is 4.74 Å². The third kappa shape index (κ3) is 5.26. The van der Waals surface area contributed by atoms with Crippen LogP contribution in [0.2, 0.25) is 0 Å². The van der Waals surface area contributed by atoms with Gasteiger partial charge in [-0.2, -0.15) is 5.10 Å². The Morgan fingerprint density at radius 3 is 2.84 bits per heavy atom. The Morgan fingerprint density at radius 1 is 1.22 bits per heavy atom. The van der Waals surface area contributed by atoms with Gasteiger partial charge in [-0.25, -0.2) is 4.39 Å². The average Bonchev–Trinajstić information content (AvgIpc) is 3.37. The largest absolute Gasteiger partial charge is 0.489 e. The van der Waals surface area contributed by atoms with E-state index in [9.17, 15) is 9.18 Å². The van der Waals surface area contributed by atoms with Crippen molar-refractivity contribution in [3.63, 3.8) is 0 Å². The van der Waals surface area contributed by atoms with Crippen molar-refractivity contribution in [3.8, 4) is 5.75 Å². The number of ether oxygens (including phenoxy) is 1. The Kier molecular flexibility index (Phi) is 6.72. The van der Waals surface area contributed by atoms with Crippen LogP contribution in [0.5, 0.6) is 5.75 Å². The molecule has 1 N–H and O–H groups in total. The van der Waals surface area contributed by atoms with E-state index in [0.717, 1.165) is 22.4 Å². The summed E-state index contributed by atoms with van der Waals surface area (Å²) in [6, 6.07) is 14.4. The second-order valence-corrected chi connectivity index (χ2v) is 9.21. The number of thiophene rings is 1. The molecule has 0 fully saturated rings. The van der Waals surface area contributed by atoms with Crippen molar-refractivity contribution in [2.45, 2.75) is 27.0 Å². The van der Waals surface area contributed by atoms with Gasteiger partial charge in [-0.1, -0.05) is 30.3 Å². The molecule has 0 atom stereocenters. The Hall–Kier alpha value is -2.97. The number of aryl methyl sites for hydroxylation is 2. The molecule has 4 aromatic rings. The Morgan fingerprint density at radius 2 is 2.03 bits per heavy atom. The lowest BCUT2D eigenvalue weighted by Gasteiger charge is -2.08. The number of benzene rings is 2. The van der Waals surface area contributed by atoms with Gasteiger partial charge >= 0.3 is 0 Å². The SMILES string of the molecule is Cc1ccc(C)c(OCc2csc(C(=O)Nc3nn(Cc4ccccc4F)cc3Br)c2)c1. The lowest BCUT2D eigenvalue weighted by molar-refractivity contribution is 0.103. The molecule has 2 aromatic carbocycles. The van der Waals surface area contributed by atoms with Crippen molar-refractivity contribution < 1.29 is 13.9 Å². The minimum atomic E-state index is -0.293. The fourth-order valence-electron chi connectivity index (χ4n) is 3.13. The molecule has 2 aromatic heterocycles. The summed E-state index contributed by atoms with van der Waals surface area (Å²) in [6.45, 7) is 4.68. The van der Waals surface area contributed by atoms with Gasteiger partial charge in [0.1, 0.15) is 18.2 Å². The second kappa shape index (κ2) is 9.67. The Labute approximate surface area is 198 Å². The predicted octanol–water partition coefficient (Wildman–Crippen LogP) is 6.34. The number of hydrogen-bond acceptors (Lipinski definition) is 4. The Bertz CT molecular complexity index is 1270. The van der Waals surface area contributed by atoms with Gasteiger partial charge in [0.2, 0.25) is 0 Å². The maximum Gasteiger partial charge on any atom is 0.266 e. The summed E-state index contributed by atoms with van der Waals surface area (Å²) in [5.74, 6) is 0.670. The molecule has 0 aliphatic heterocycles. The molecule has 4 rings (SSSR count). The summed E-state index contributed by atoms with van der Waals surface area (Å²) < 4.78 is 22.0. The average molecular weight is 514 g/mol. The highest BCUT2D eigenvalue weighted by Crippen LogP contribution is 2.25. The number of anilines is 1. The number of rotatable bonds is 7. The second-order valence-electron chi connectivity index (χ2n) is 7.45. The highest BCUT2D eigenvalue weighted by atomic mass is 79.9. The highest BCUT2D eigenvalue weighted by Gasteiger charge is 2.15. The topological polar surface area (TPSA) is 56.1 Å². The van der Waals surface area contributed by atoms with Crippen molar-refractivity contribution >= 4 is 39.0 Å². The maximum absolute atomic E-state index is 13.9. The van der Waals surface area contributed by atoms with Crippen molar-refractivity contribution in [2.75, 3.05) is 5.32 Å². The van der Waals surface area contributed by atoms with E-state index in [1.165, 1.54) is 17.4 Å². The zero-order valence-electron chi connectivity index (χ0n) is 17.6. The molecular weight excluding hydrogens is 493 g/mol. The first kappa shape index (κ1) is 22.2. The quantitative estimate of drug-likeness (QED) is 0.313. The number of amides is 1. The van der Waals surface area contributed by atoms with Crippen LogP contribution in [0.15, 0.2) is 64.6 Å². The fraction of sp³-hybridized carbons (Fsp3) is 0.167. The standard InChI is InChI=1S/C24H21BrFN3O2S/c1-15-7-8-16(2)21(9-15)31-13-17-10-22(32-14-17)24(30)27-23-19(25)12-29(28-23)11-18-5-3-4-6-20(18)26/h3-10,12,14H,11,13H2,1-2H3,(H,27,28,30). The van der Waals surface area contributed by atoms with E-state index >= 15 is 0 Å². The van der Waals surface area contributed by atoms with Crippen LogP contribution in [0.3, 0.4) is 0 Å². The third-order valence-electron chi connectivity index (χ3n) is 4.85. The zero-order valence-corrected chi connectivity index (χ0v) is 20.0. The van der Waals surface area contributed by atoms with Gasteiger partial charge in [-0.3, -0.25) is 9.48 Å². The summed E-state index contributed by atoms with van der Waals surface area (Å²) in [5.41, 5.74) is 3.65. The molecule has 0 saturated carbocycles. The van der Waals surface area contributed by atoms with Crippen molar-refractivity contribution in [1.82, 2.24) is 9.78 Å². The maximum atomic E-state index is 13.9. The van der Waals surface area contributed by atoms with Crippen LogP contribution in [-0.2, 0) is 13.2 Å². The molecule has 164 valence electrons. The lowest BCUT2D eigenvalue weighted by Crippen LogP contribution is -2.12. The van der Waals surface area contributed by atoms with Crippen LogP contribution < -0.4 is 10.1 Å². The number of nitrogens with zero attached hydrogens (tertiary/aromatic N) is 2. The number of nitrogens with one attached hydrogen (secondary N) is 1. The molecule has 0 saturated heterocycles. The van der Waals surface area contributed by atoms with Gasteiger partial charge in [0.05, 0.1) is 15.9 Å². The fourth-order valence-corrected chi connectivity index (χ4v) is 4.33. The minimum absolute atomic E-state index is 0.259. The molecule has 8 heteroatoms. The number of carbonyl (C=O) groups excluding carboxylic acids is 1. The third-order valence-corrected chi connectivity index (χ3v) is 6.41. The lowest BCUT2D eigenvalue weighted by atomic mass is 10.1. The number of hydrogen-bond donors (Lipinski definition) is 1. The molecule has 0 radical (unpaired) electrons. The van der Waals surface area contributed by atoms with Gasteiger partial charge < -0.3 is 10.1 Å². The summed E-state index contributed by atoms with van der Waals surface area (Å²) in [6.07, 6.45) is 1.71. The summed E-state index contributed by atoms with van der Waals surface area (Å²) in [5, 5.41) is 9.08. The molecule has 5 nitrogen and oxygen atoms in total. The molecule has 0 unspecified atom stereocenters. The van der Waals surface area contributed by atoms with Gasteiger partial charge in [-0.15, -0.1) is 11.3 Å². The number of carbonyl (C=O) groups is 1. The Balaban J connectivity index is 1.39. The molecule has 0 aliphatic rings. The van der Waals surface area contributed by atoms with Crippen LogP contribution in [0.25, 0.3) is 0 Å². The van der Waals surface area contributed by atoms with Gasteiger partial charge in [0.15, 0.2) is 5.82 Å². The van der Waals surface area contributed by atoms with Gasteiger partial charge in [0, 0.05) is 17.3 Å². The monoisotopic (exact) mass is 513 g/mol. The predicted molar refractivity (Wildman–Crippen MR) is 128 cm³/mol. The van der Waals surface area contributed by atoms with E-state index in [1.807, 2.05) is 43.5 Å². The van der Waals surface area contributed by atoms with E-state index in [1.54, 1.807) is 29.1 Å². The van der Waals surface area contributed by atoms with Crippen LogP contribution in [0.4, 0.5) is 10.2 Å².